The summed E-state index contributed by atoms with van der Waals surface area (Å²) < 4.78 is 5.58. The summed E-state index contributed by atoms with van der Waals surface area (Å²) in [5, 5.41) is 18.7. The van der Waals surface area contributed by atoms with Gasteiger partial charge in [-0.1, -0.05) is 18.2 Å². The van der Waals surface area contributed by atoms with Crippen molar-refractivity contribution in [2.24, 2.45) is 0 Å². The van der Waals surface area contributed by atoms with E-state index in [1.807, 2.05) is 18.2 Å². The molecule has 6 nitrogen and oxygen atoms in total. The van der Waals surface area contributed by atoms with Crippen LogP contribution in [-0.2, 0) is 16.0 Å². The maximum atomic E-state index is 12.4. The van der Waals surface area contributed by atoms with Crippen LogP contribution >= 0.6 is 0 Å². The van der Waals surface area contributed by atoms with Gasteiger partial charge in [0.2, 0.25) is 0 Å². The molecule has 3 rings (SSSR count). The molecule has 1 saturated heterocycles. The summed E-state index contributed by atoms with van der Waals surface area (Å²) in [7, 11) is 0. The summed E-state index contributed by atoms with van der Waals surface area (Å²) >= 11 is 0. The minimum atomic E-state index is -1.09. The molecule has 106 valence electrons. The monoisotopic (exact) mass is 277 g/mol. The molecule has 1 fully saturated rings. The van der Waals surface area contributed by atoms with E-state index in [9.17, 15) is 14.7 Å². The summed E-state index contributed by atoms with van der Waals surface area (Å²) in [6.07, 6.45) is -0.974. The number of amides is 1. The van der Waals surface area contributed by atoms with Gasteiger partial charge < -0.3 is 19.8 Å². The first-order valence-electron chi connectivity index (χ1n) is 6.52. The Morgan fingerprint density at radius 1 is 1.30 bits per heavy atom. The summed E-state index contributed by atoms with van der Waals surface area (Å²) in [6.45, 7) is 0.0476. The highest BCUT2D eigenvalue weighted by Gasteiger charge is 2.43. The number of benzene rings is 1. The van der Waals surface area contributed by atoms with Gasteiger partial charge in [0.05, 0.1) is 6.10 Å². The number of ether oxygens (including phenoxy) is 1. The van der Waals surface area contributed by atoms with Gasteiger partial charge in [-0.25, -0.2) is 4.79 Å². The van der Waals surface area contributed by atoms with E-state index >= 15 is 0 Å². The number of para-hydroxylation sites is 1. The minimum Gasteiger partial charge on any atom is -0.480 e. The van der Waals surface area contributed by atoms with Gasteiger partial charge in [-0.3, -0.25) is 4.79 Å². The molecule has 0 spiro atoms. The SMILES string of the molecule is O=C(O)[C@@H]1C[C@H](O)CN1C(=O)C1Cc2ccccc2O1. The first-order valence-corrected chi connectivity index (χ1v) is 6.52. The normalized spacial score (nSPS) is 28.1. The summed E-state index contributed by atoms with van der Waals surface area (Å²) in [4.78, 5) is 24.8. The number of carbonyl (C=O) groups excluding carboxylic acids is 1. The molecule has 1 unspecified atom stereocenters. The van der Waals surface area contributed by atoms with Crippen LogP contribution in [0.1, 0.15) is 12.0 Å². The van der Waals surface area contributed by atoms with Crippen molar-refractivity contribution in [3.8, 4) is 5.75 Å². The van der Waals surface area contributed by atoms with E-state index in [2.05, 4.69) is 0 Å². The number of carboxylic acid groups (broad SMARTS) is 1. The Balaban J connectivity index is 1.76. The molecule has 2 N–H and O–H groups in total. The van der Waals surface area contributed by atoms with Gasteiger partial charge in [0.1, 0.15) is 11.8 Å². The van der Waals surface area contributed by atoms with Crippen LogP contribution in [0.25, 0.3) is 0 Å². The van der Waals surface area contributed by atoms with Crippen molar-refractivity contribution >= 4 is 11.9 Å². The van der Waals surface area contributed by atoms with Crippen molar-refractivity contribution in [3.05, 3.63) is 29.8 Å². The number of fused-ring (bicyclic) bond motifs is 1. The second-order valence-electron chi connectivity index (χ2n) is 5.15. The number of aliphatic hydroxyl groups excluding tert-OH is 1. The van der Waals surface area contributed by atoms with Gasteiger partial charge >= 0.3 is 5.97 Å². The van der Waals surface area contributed by atoms with E-state index in [0.29, 0.717) is 12.2 Å². The number of hydrogen-bond donors (Lipinski definition) is 2. The highest BCUT2D eigenvalue weighted by atomic mass is 16.5. The molecule has 1 aromatic carbocycles. The fourth-order valence-corrected chi connectivity index (χ4v) is 2.80. The second kappa shape index (κ2) is 4.79. The maximum absolute atomic E-state index is 12.4. The third-order valence-corrected chi connectivity index (χ3v) is 3.77. The molecule has 1 amide bonds. The molecule has 2 heterocycles. The molecule has 3 atom stereocenters. The lowest BCUT2D eigenvalue weighted by atomic mass is 10.1. The zero-order chi connectivity index (χ0) is 14.3. The van der Waals surface area contributed by atoms with Crippen LogP contribution in [0.5, 0.6) is 5.75 Å². The van der Waals surface area contributed by atoms with Crippen LogP contribution in [0.2, 0.25) is 0 Å². The third kappa shape index (κ3) is 2.12. The molecule has 0 bridgehead atoms. The highest BCUT2D eigenvalue weighted by molar-refractivity contribution is 5.88. The predicted molar refractivity (Wildman–Crippen MR) is 68.3 cm³/mol. The first kappa shape index (κ1) is 12.9. The number of aliphatic hydroxyl groups is 1. The van der Waals surface area contributed by atoms with Crippen LogP contribution in [-0.4, -0.2) is 51.8 Å². The van der Waals surface area contributed by atoms with Crippen molar-refractivity contribution in [1.29, 1.82) is 0 Å². The summed E-state index contributed by atoms with van der Waals surface area (Å²) in [5.74, 6) is -0.798. The van der Waals surface area contributed by atoms with E-state index in [-0.39, 0.29) is 18.9 Å². The molecule has 2 aliphatic heterocycles. The Bertz CT molecular complexity index is 533. The smallest absolute Gasteiger partial charge is 0.326 e. The molecule has 0 radical (unpaired) electrons. The van der Waals surface area contributed by atoms with Crippen molar-refractivity contribution < 1.29 is 24.5 Å². The van der Waals surface area contributed by atoms with Crippen molar-refractivity contribution in [2.45, 2.75) is 31.1 Å². The van der Waals surface area contributed by atoms with Gasteiger partial charge in [-0.2, -0.15) is 0 Å². The van der Waals surface area contributed by atoms with Crippen LogP contribution in [0, 0.1) is 0 Å². The van der Waals surface area contributed by atoms with Crippen LogP contribution in [0.15, 0.2) is 24.3 Å². The maximum Gasteiger partial charge on any atom is 0.326 e. The van der Waals surface area contributed by atoms with E-state index in [1.165, 1.54) is 4.90 Å². The Hall–Kier alpha value is -2.08. The zero-order valence-corrected chi connectivity index (χ0v) is 10.7. The minimum absolute atomic E-state index is 0.0476. The number of hydrogen-bond acceptors (Lipinski definition) is 4. The fraction of sp³-hybridized carbons (Fsp3) is 0.429. The van der Waals surface area contributed by atoms with E-state index in [0.717, 1.165) is 5.56 Å². The lowest BCUT2D eigenvalue weighted by molar-refractivity contribution is -0.150. The molecule has 1 aromatic rings. The zero-order valence-electron chi connectivity index (χ0n) is 10.7. The number of carbonyl (C=O) groups is 2. The first-order chi connectivity index (χ1) is 9.56. The van der Waals surface area contributed by atoms with Gasteiger partial charge in [-0.05, 0) is 11.6 Å². The van der Waals surface area contributed by atoms with Gasteiger partial charge in [-0.15, -0.1) is 0 Å². The molecule has 0 aromatic heterocycles. The number of nitrogens with zero attached hydrogens (tertiary/aromatic N) is 1. The molecule has 0 saturated carbocycles. The lowest BCUT2D eigenvalue weighted by Crippen LogP contribution is -2.47. The van der Waals surface area contributed by atoms with Crippen LogP contribution in [0.4, 0.5) is 0 Å². The largest absolute Gasteiger partial charge is 0.480 e. The molecular weight excluding hydrogens is 262 g/mol. The van der Waals surface area contributed by atoms with Crippen LogP contribution in [0.3, 0.4) is 0 Å². The van der Waals surface area contributed by atoms with E-state index < -0.39 is 24.2 Å². The standard InChI is InChI=1S/C14H15NO5/c16-9-6-10(14(18)19)15(7-9)13(17)12-5-8-3-1-2-4-11(8)20-12/h1-4,9-10,12,16H,5-7H2,(H,18,19)/t9-,10-,12?/m0/s1. The number of aliphatic carboxylic acids is 1. The van der Waals surface area contributed by atoms with Crippen molar-refractivity contribution in [3.63, 3.8) is 0 Å². The third-order valence-electron chi connectivity index (χ3n) is 3.77. The number of carboxylic acids is 1. The number of likely N-dealkylation sites (tertiary alicyclic amines) is 1. The van der Waals surface area contributed by atoms with Gasteiger partial charge in [0, 0.05) is 19.4 Å². The Kier molecular flexibility index (Phi) is 3.10. The topological polar surface area (TPSA) is 87.1 Å². The van der Waals surface area contributed by atoms with E-state index in [4.69, 9.17) is 9.84 Å². The quantitative estimate of drug-likeness (QED) is 0.797. The summed E-state index contributed by atoms with van der Waals surface area (Å²) in [6, 6.07) is 6.40. The number of β-amino-alcohol motifs (C(OH)–C–C–N with tert-alkyl or cyclic N) is 1. The molecule has 20 heavy (non-hydrogen) atoms. The summed E-state index contributed by atoms with van der Waals surface area (Å²) in [5.41, 5.74) is 0.942. The van der Waals surface area contributed by atoms with Crippen molar-refractivity contribution in [2.75, 3.05) is 6.54 Å². The molecular formula is C14H15NO5. The average molecular weight is 277 g/mol. The van der Waals surface area contributed by atoms with Gasteiger partial charge in [0.15, 0.2) is 6.10 Å². The molecule has 0 aliphatic carbocycles. The highest BCUT2D eigenvalue weighted by Crippen LogP contribution is 2.30. The van der Waals surface area contributed by atoms with Crippen LogP contribution < -0.4 is 4.74 Å². The Morgan fingerprint density at radius 2 is 2.05 bits per heavy atom. The average Bonchev–Trinajstić information content (AvgIpc) is 3.01. The molecule has 6 heteroatoms. The lowest BCUT2D eigenvalue weighted by Gasteiger charge is -2.24. The predicted octanol–water partition coefficient (Wildman–Crippen LogP) is 0.0365. The van der Waals surface area contributed by atoms with Gasteiger partial charge in [0.25, 0.3) is 5.91 Å². The fourth-order valence-electron chi connectivity index (χ4n) is 2.80. The Morgan fingerprint density at radius 3 is 2.75 bits per heavy atom. The van der Waals surface area contributed by atoms with E-state index in [1.54, 1.807) is 6.07 Å². The molecule has 2 aliphatic rings. The van der Waals surface area contributed by atoms with Crippen molar-refractivity contribution in [1.82, 2.24) is 4.90 Å². The second-order valence-corrected chi connectivity index (χ2v) is 5.15. The number of rotatable bonds is 2. The Labute approximate surface area is 115 Å².